The van der Waals surface area contributed by atoms with E-state index in [-0.39, 0.29) is 6.04 Å². The zero-order valence-corrected chi connectivity index (χ0v) is 16.0. The molecule has 0 radical (unpaired) electrons. The van der Waals surface area contributed by atoms with Gasteiger partial charge in [-0.25, -0.2) is 0 Å². The van der Waals surface area contributed by atoms with Gasteiger partial charge in [-0.2, -0.15) is 5.10 Å². The van der Waals surface area contributed by atoms with E-state index >= 15 is 0 Å². The smallest absolute Gasteiger partial charge is 0.0760 e. The van der Waals surface area contributed by atoms with Gasteiger partial charge in [-0.3, -0.25) is 4.68 Å². The van der Waals surface area contributed by atoms with E-state index in [0.717, 1.165) is 44.7 Å². The molecule has 1 atom stereocenters. The topological polar surface area (TPSA) is 29.9 Å². The van der Waals surface area contributed by atoms with Crippen LogP contribution < -0.4 is 5.32 Å². The van der Waals surface area contributed by atoms with Gasteiger partial charge in [0, 0.05) is 11.0 Å². The van der Waals surface area contributed by atoms with E-state index in [1.54, 1.807) is 0 Å². The number of nitrogens with one attached hydrogen (secondary N) is 1. The Morgan fingerprint density at radius 2 is 2.05 bits per heavy atom. The average molecular weight is 436 g/mol. The van der Waals surface area contributed by atoms with Gasteiger partial charge in [0.25, 0.3) is 0 Å². The summed E-state index contributed by atoms with van der Waals surface area (Å²) < 4.78 is 3.94. The van der Waals surface area contributed by atoms with Crippen molar-refractivity contribution in [1.82, 2.24) is 15.1 Å². The molecule has 6 heteroatoms. The molecular weight excluding hydrogens is 417 g/mol. The summed E-state index contributed by atoms with van der Waals surface area (Å²) in [6, 6.07) is 6.12. The Morgan fingerprint density at radius 3 is 2.67 bits per heavy atom. The molecule has 0 spiro atoms. The van der Waals surface area contributed by atoms with Crippen LogP contribution in [-0.4, -0.2) is 16.3 Å². The lowest BCUT2D eigenvalue weighted by Gasteiger charge is -2.21. The molecule has 1 aromatic heterocycles. The lowest BCUT2D eigenvalue weighted by atomic mass is 10.0. The van der Waals surface area contributed by atoms with E-state index in [0.29, 0.717) is 0 Å². The Balaban J connectivity index is 2.46. The highest BCUT2D eigenvalue weighted by Gasteiger charge is 2.21. The number of aryl methyl sites for hydroxylation is 1. The van der Waals surface area contributed by atoms with Gasteiger partial charge < -0.3 is 5.32 Å². The van der Waals surface area contributed by atoms with Gasteiger partial charge in [0.15, 0.2) is 0 Å². The summed E-state index contributed by atoms with van der Waals surface area (Å²) in [6.45, 7) is 6.03. The number of rotatable bonds is 6. The van der Waals surface area contributed by atoms with Gasteiger partial charge in [0.1, 0.15) is 0 Å². The number of hydrogen-bond acceptors (Lipinski definition) is 2. The summed E-state index contributed by atoms with van der Waals surface area (Å²) in [6.07, 6.45) is 2.92. The molecule has 0 fully saturated rings. The molecule has 0 saturated heterocycles. The second kappa shape index (κ2) is 7.77. The lowest BCUT2D eigenvalue weighted by molar-refractivity contribution is 0.528. The van der Waals surface area contributed by atoms with Crippen LogP contribution in [0.1, 0.15) is 37.6 Å². The van der Waals surface area contributed by atoms with E-state index in [9.17, 15) is 0 Å². The molecule has 21 heavy (non-hydrogen) atoms. The SMILES string of the molecule is CCCNC(c1ccc(Cl)c(Br)c1)c1c(Br)cnn1CC. The maximum absolute atomic E-state index is 6.11. The molecule has 114 valence electrons. The molecule has 0 aliphatic heterocycles. The minimum atomic E-state index is 0.0790. The van der Waals surface area contributed by atoms with Crippen molar-refractivity contribution >= 4 is 43.5 Å². The molecular formula is C15H18Br2ClN3. The predicted octanol–water partition coefficient (Wildman–Crippen LogP) is 5.17. The summed E-state index contributed by atoms with van der Waals surface area (Å²) in [5.74, 6) is 0. The number of halogens is 3. The Bertz CT molecular complexity index is 613. The van der Waals surface area contributed by atoms with Crippen molar-refractivity contribution in [1.29, 1.82) is 0 Å². The zero-order chi connectivity index (χ0) is 15.4. The van der Waals surface area contributed by atoms with Gasteiger partial charge in [0.05, 0.1) is 27.4 Å². The van der Waals surface area contributed by atoms with Crippen molar-refractivity contribution in [3.63, 3.8) is 0 Å². The van der Waals surface area contributed by atoms with Crippen molar-refractivity contribution in [3.8, 4) is 0 Å². The normalized spacial score (nSPS) is 12.6. The molecule has 3 nitrogen and oxygen atoms in total. The highest BCUT2D eigenvalue weighted by Crippen LogP contribution is 2.32. The Labute approximate surface area is 147 Å². The van der Waals surface area contributed by atoms with Gasteiger partial charge >= 0.3 is 0 Å². The first-order valence-electron chi connectivity index (χ1n) is 6.98. The van der Waals surface area contributed by atoms with Crippen LogP contribution in [-0.2, 0) is 6.54 Å². The van der Waals surface area contributed by atoms with E-state index < -0.39 is 0 Å². The first kappa shape index (κ1) is 17.0. The number of aromatic nitrogens is 2. The summed E-state index contributed by atoms with van der Waals surface area (Å²) in [4.78, 5) is 0. The van der Waals surface area contributed by atoms with E-state index in [2.05, 4.69) is 68.3 Å². The second-order valence-electron chi connectivity index (χ2n) is 4.75. The molecule has 1 N–H and O–H groups in total. The van der Waals surface area contributed by atoms with Gasteiger partial charge in [-0.15, -0.1) is 0 Å². The Hall–Kier alpha value is -0.360. The van der Waals surface area contributed by atoms with Crippen LogP contribution in [0.25, 0.3) is 0 Å². The second-order valence-corrected chi connectivity index (χ2v) is 6.87. The van der Waals surface area contributed by atoms with Crippen LogP contribution in [0, 0.1) is 0 Å². The molecule has 0 saturated carbocycles. The third-order valence-electron chi connectivity index (χ3n) is 3.28. The summed E-state index contributed by atoms with van der Waals surface area (Å²) >= 11 is 13.2. The van der Waals surface area contributed by atoms with Crippen molar-refractivity contribution in [2.75, 3.05) is 6.54 Å². The third-order valence-corrected chi connectivity index (χ3v) is 5.11. The maximum Gasteiger partial charge on any atom is 0.0760 e. The predicted molar refractivity (Wildman–Crippen MR) is 94.9 cm³/mol. The molecule has 0 amide bonds. The fourth-order valence-corrected chi connectivity index (χ4v) is 3.30. The summed E-state index contributed by atoms with van der Waals surface area (Å²) in [7, 11) is 0. The molecule has 2 aromatic rings. The van der Waals surface area contributed by atoms with Crippen LogP contribution in [0.15, 0.2) is 33.3 Å². The fraction of sp³-hybridized carbons (Fsp3) is 0.400. The fourth-order valence-electron chi connectivity index (χ4n) is 2.26. The minimum Gasteiger partial charge on any atom is -0.305 e. The summed E-state index contributed by atoms with van der Waals surface area (Å²) in [5.41, 5.74) is 2.30. The van der Waals surface area contributed by atoms with E-state index in [1.807, 2.05) is 16.9 Å². The maximum atomic E-state index is 6.11. The Kier molecular flexibility index (Phi) is 6.29. The van der Waals surface area contributed by atoms with Crippen molar-refractivity contribution in [2.24, 2.45) is 0 Å². The highest BCUT2D eigenvalue weighted by atomic mass is 79.9. The molecule has 2 rings (SSSR count). The van der Waals surface area contributed by atoms with E-state index in [4.69, 9.17) is 11.6 Å². The number of benzene rings is 1. The van der Waals surface area contributed by atoms with Crippen LogP contribution in [0.2, 0.25) is 5.02 Å². The van der Waals surface area contributed by atoms with Crippen molar-refractivity contribution in [2.45, 2.75) is 32.9 Å². The number of hydrogen-bond donors (Lipinski definition) is 1. The minimum absolute atomic E-state index is 0.0790. The molecule has 1 aromatic carbocycles. The third kappa shape index (κ3) is 3.89. The van der Waals surface area contributed by atoms with Crippen LogP contribution >= 0.6 is 43.5 Å². The molecule has 1 unspecified atom stereocenters. The average Bonchev–Trinajstić information content (AvgIpc) is 2.84. The van der Waals surface area contributed by atoms with Gasteiger partial charge in [-0.05, 0) is 69.4 Å². The van der Waals surface area contributed by atoms with Crippen molar-refractivity contribution < 1.29 is 0 Å². The Morgan fingerprint density at radius 1 is 1.29 bits per heavy atom. The first-order valence-corrected chi connectivity index (χ1v) is 8.94. The van der Waals surface area contributed by atoms with Gasteiger partial charge in [-0.1, -0.05) is 24.6 Å². The highest BCUT2D eigenvalue weighted by molar-refractivity contribution is 9.10. The largest absolute Gasteiger partial charge is 0.305 e. The monoisotopic (exact) mass is 433 g/mol. The molecule has 0 aliphatic rings. The van der Waals surface area contributed by atoms with Crippen LogP contribution in [0.5, 0.6) is 0 Å². The van der Waals surface area contributed by atoms with Crippen molar-refractivity contribution in [3.05, 3.63) is 49.6 Å². The molecule has 1 heterocycles. The van der Waals surface area contributed by atoms with Crippen LogP contribution in [0.3, 0.4) is 0 Å². The quantitative estimate of drug-likeness (QED) is 0.678. The summed E-state index contributed by atoms with van der Waals surface area (Å²) in [5, 5.41) is 8.73. The first-order chi connectivity index (χ1) is 10.1. The standard InChI is InChI=1S/C15H18Br2ClN3/c1-3-7-19-14(10-5-6-13(18)11(16)8-10)15-12(17)9-20-21(15)4-2/h5-6,8-9,14,19H,3-4,7H2,1-2H3. The van der Waals surface area contributed by atoms with Crippen LogP contribution in [0.4, 0.5) is 0 Å². The molecule has 0 aliphatic carbocycles. The molecule has 0 bridgehead atoms. The van der Waals surface area contributed by atoms with E-state index in [1.165, 1.54) is 0 Å². The lowest BCUT2D eigenvalue weighted by Crippen LogP contribution is -2.26. The van der Waals surface area contributed by atoms with Gasteiger partial charge in [0.2, 0.25) is 0 Å². The zero-order valence-electron chi connectivity index (χ0n) is 12.0. The number of nitrogens with zero attached hydrogens (tertiary/aromatic N) is 2.